The molecule has 1 amide bonds. The molecule has 0 bridgehead atoms. The van der Waals surface area contributed by atoms with Gasteiger partial charge in [0.25, 0.3) is 5.91 Å². The number of nitrogens with one attached hydrogen (secondary N) is 2. The predicted molar refractivity (Wildman–Crippen MR) is 103 cm³/mol. The third-order valence-electron chi connectivity index (χ3n) is 3.77. The Morgan fingerprint density at radius 2 is 1.72 bits per heavy atom. The molecule has 0 aliphatic carbocycles. The third kappa shape index (κ3) is 4.37. The number of carbonyl (C=O) groups is 1. The average molecular weight is 352 g/mol. The van der Waals surface area contributed by atoms with Gasteiger partial charge in [-0.15, -0.1) is 0 Å². The van der Waals surface area contributed by atoms with Gasteiger partial charge < -0.3 is 10.6 Å². The van der Waals surface area contributed by atoms with Gasteiger partial charge in [0.2, 0.25) is 0 Å². The van der Waals surface area contributed by atoms with Crippen molar-refractivity contribution >= 4 is 34.6 Å². The zero-order valence-electron chi connectivity index (χ0n) is 14.0. The molecular weight excluding hydrogens is 334 g/mol. The first-order valence-electron chi connectivity index (χ1n) is 7.87. The quantitative estimate of drug-likeness (QED) is 0.666. The van der Waals surface area contributed by atoms with Gasteiger partial charge in [0, 0.05) is 22.6 Å². The van der Waals surface area contributed by atoms with Gasteiger partial charge in [-0.3, -0.25) is 9.78 Å². The Morgan fingerprint density at radius 3 is 2.48 bits per heavy atom. The van der Waals surface area contributed by atoms with E-state index < -0.39 is 0 Å². The molecule has 2 aromatic carbocycles. The average Bonchev–Trinajstić information content (AvgIpc) is 2.60. The van der Waals surface area contributed by atoms with Gasteiger partial charge in [0.1, 0.15) is 0 Å². The van der Waals surface area contributed by atoms with Crippen LogP contribution in [0.1, 0.15) is 21.5 Å². The van der Waals surface area contributed by atoms with Gasteiger partial charge in [-0.1, -0.05) is 23.7 Å². The van der Waals surface area contributed by atoms with Crippen molar-refractivity contribution in [3.05, 3.63) is 82.6 Å². The largest absolute Gasteiger partial charge is 0.354 e. The lowest BCUT2D eigenvalue weighted by atomic mass is 10.1. The highest BCUT2D eigenvalue weighted by Crippen LogP contribution is 2.22. The van der Waals surface area contributed by atoms with E-state index in [1.165, 1.54) is 0 Å². The maximum atomic E-state index is 12.4. The number of carbonyl (C=O) groups excluding carboxylic acids is 1. The van der Waals surface area contributed by atoms with E-state index in [4.69, 9.17) is 11.6 Å². The summed E-state index contributed by atoms with van der Waals surface area (Å²) in [4.78, 5) is 16.6. The molecule has 0 unspecified atom stereocenters. The van der Waals surface area contributed by atoms with Crippen LogP contribution in [0.5, 0.6) is 0 Å². The summed E-state index contributed by atoms with van der Waals surface area (Å²) in [6, 6.07) is 14.9. The monoisotopic (exact) mass is 351 g/mol. The van der Waals surface area contributed by atoms with E-state index in [0.29, 0.717) is 16.3 Å². The van der Waals surface area contributed by atoms with Gasteiger partial charge >= 0.3 is 0 Å². The van der Waals surface area contributed by atoms with Gasteiger partial charge in [0.05, 0.1) is 17.4 Å². The van der Waals surface area contributed by atoms with Crippen molar-refractivity contribution in [1.82, 2.24) is 4.98 Å². The Labute approximate surface area is 151 Å². The summed E-state index contributed by atoms with van der Waals surface area (Å²) in [5.41, 5.74) is 5.21. The molecule has 0 fully saturated rings. The predicted octanol–water partition coefficient (Wildman–Crippen LogP) is 5.35. The SMILES string of the molecule is Cc1ccc(C)c(Nc2cncc(C(=O)Nc3ccc(Cl)cc3)c2)c1. The van der Waals surface area contributed by atoms with E-state index >= 15 is 0 Å². The maximum Gasteiger partial charge on any atom is 0.257 e. The molecule has 4 nitrogen and oxygen atoms in total. The molecule has 0 aliphatic rings. The second-order valence-corrected chi connectivity index (χ2v) is 6.30. The summed E-state index contributed by atoms with van der Waals surface area (Å²) in [6.07, 6.45) is 3.24. The molecule has 126 valence electrons. The highest BCUT2D eigenvalue weighted by atomic mass is 35.5. The highest BCUT2D eigenvalue weighted by molar-refractivity contribution is 6.30. The minimum absolute atomic E-state index is 0.223. The van der Waals surface area contributed by atoms with Crippen molar-refractivity contribution in [2.45, 2.75) is 13.8 Å². The topological polar surface area (TPSA) is 54.0 Å². The van der Waals surface area contributed by atoms with E-state index in [0.717, 1.165) is 22.5 Å². The van der Waals surface area contributed by atoms with Crippen LogP contribution in [0.25, 0.3) is 0 Å². The summed E-state index contributed by atoms with van der Waals surface area (Å²) in [6.45, 7) is 4.07. The molecule has 2 N–H and O–H groups in total. The Bertz CT molecular complexity index is 907. The van der Waals surface area contributed by atoms with Crippen LogP contribution in [0.15, 0.2) is 60.9 Å². The fourth-order valence-corrected chi connectivity index (χ4v) is 2.52. The van der Waals surface area contributed by atoms with Crippen LogP contribution in [0.2, 0.25) is 5.02 Å². The van der Waals surface area contributed by atoms with Crippen LogP contribution < -0.4 is 10.6 Å². The number of pyridine rings is 1. The Morgan fingerprint density at radius 1 is 0.960 bits per heavy atom. The zero-order valence-corrected chi connectivity index (χ0v) is 14.8. The van der Waals surface area contributed by atoms with Crippen LogP contribution in [0.4, 0.5) is 17.1 Å². The summed E-state index contributed by atoms with van der Waals surface area (Å²) in [7, 11) is 0. The van der Waals surface area contributed by atoms with Crippen molar-refractivity contribution in [2.75, 3.05) is 10.6 Å². The standard InChI is InChI=1S/C20H18ClN3O/c1-13-3-4-14(2)19(9-13)23-18-10-15(11-22-12-18)20(25)24-17-7-5-16(21)6-8-17/h3-12,23H,1-2H3,(H,24,25). The maximum absolute atomic E-state index is 12.4. The Balaban J connectivity index is 1.77. The fraction of sp³-hybridized carbons (Fsp3) is 0.100. The number of rotatable bonds is 4. The van der Waals surface area contributed by atoms with Gasteiger partial charge in [0.15, 0.2) is 0 Å². The Kier molecular flexibility index (Phi) is 5.00. The number of aromatic nitrogens is 1. The number of amides is 1. The molecule has 0 radical (unpaired) electrons. The molecule has 25 heavy (non-hydrogen) atoms. The molecule has 0 spiro atoms. The van der Waals surface area contributed by atoms with Gasteiger partial charge in [-0.2, -0.15) is 0 Å². The number of anilines is 3. The summed E-state index contributed by atoms with van der Waals surface area (Å²) in [5.74, 6) is -0.223. The van der Waals surface area contributed by atoms with Crippen molar-refractivity contribution in [3.8, 4) is 0 Å². The molecule has 0 atom stereocenters. The van der Waals surface area contributed by atoms with E-state index in [2.05, 4.69) is 33.8 Å². The van der Waals surface area contributed by atoms with Crippen molar-refractivity contribution < 1.29 is 4.79 Å². The highest BCUT2D eigenvalue weighted by Gasteiger charge is 2.08. The first-order chi connectivity index (χ1) is 12.0. The van der Waals surface area contributed by atoms with Crippen molar-refractivity contribution in [3.63, 3.8) is 0 Å². The summed E-state index contributed by atoms with van der Waals surface area (Å²) in [5, 5.41) is 6.78. The molecule has 0 aliphatic heterocycles. The Hall–Kier alpha value is -2.85. The van der Waals surface area contributed by atoms with Crippen molar-refractivity contribution in [2.24, 2.45) is 0 Å². The molecule has 0 saturated carbocycles. The van der Waals surface area contributed by atoms with E-state index in [1.807, 2.05) is 13.8 Å². The first kappa shape index (κ1) is 17.0. The number of halogens is 1. The summed E-state index contributed by atoms with van der Waals surface area (Å²) < 4.78 is 0. The first-order valence-corrected chi connectivity index (χ1v) is 8.25. The lowest BCUT2D eigenvalue weighted by molar-refractivity contribution is 0.102. The number of hydrogen-bond donors (Lipinski definition) is 2. The zero-order chi connectivity index (χ0) is 17.8. The fourth-order valence-electron chi connectivity index (χ4n) is 2.39. The van der Waals surface area contributed by atoms with Crippen LogP contribution in [-0.2, 0) is 0 Å². The molecule has 1 aromatic heterocycles. The van der Waals surface area contributed by atoms with Crippen LogP contribution in [-0.4, -0.2) is 10.9 Å². The summed E-state index contributed by atoms with van der Waals surface area (Å²) >= 11 is 5.86. The molecule has 5 heteroatoms. The van der Waals surface area contributed by atoms with Crippen molar-refractivity contribution in [1.29, 1.82) is 0 Å². The number of benzene rings is 2. The molecule has 1 heterocycles. The lowest BCUT2D eigenvalue weighted by Crippen LogP contribution is -2.12. The second kappa shape index (κ2) is 7.36. The van der Waals surface area contributed by atoms with Crippen LogP contribution >= 0.6 is 11.6 Å². The van der Waals surface area contributed by atoms with E-state index in [-0.39, 0.29) is 5.91 Å². The van der Waals surface area contributed by atoms with Crippen LogP contribution in [0, 0.1) is 13.8 Å². The minimum Gasteiger partial charge on any atom is -0.354 e. The third-order valence-corrected chi connectivity index (χ3v) is 4.03. The number of hydrogen-bond acceptors (Lipinski definition) is 3. The lowest BCUT2D eigenvalue weighted by Gasteiger charge is -2.11. The number of aryl methyl sites for hydroxylation is 2. The molecule has 3 rings (SSSR count). The van der Waals surface area contributed by atoms with Crippen LogP contribution in [0.3, 0.4) is 0 Å². The smallest absolute Gasteiger partial charge is 0.257 e. The van der Waals surface area contributed by atoms with Gasteiger partial charge in [-0.05, 0) is 61.4 Å². The van der Waals surface area contributed by atoms with E-state index in [1.54, 1.807) is 42.7 Å². The molecule has 0 saturated heterocycles. The second-order valence-electron chi connectivity index (χ2n) is 5.87. The van der Waals surface area contributed by atoms with Gasteiger partial charge in [-0.25, -0.2) is 0 Å². The normalized spacial score (nSPS) is 10.4. The van der Waals surface area contributed by atoms with E-state index in [9.17, 15) is 4.79 Å². The number of nitrogens with zero attached hydrogens (tertiary/aromatic N) is 1. The molecular formula is C20H18ClN3O. The molecule has 3 aromatic rings. The minimum atomic E-state index is -0.223.